The molecule has 0 radical (unpaired) electrons. The van der Waals surface area contributed by atoms with Gasteiger partial charge in [0.1, 0.15) is 6.07 Å². The predicted octanol–water partition coefficient (Wildman–Crippen LogP) is 4.41. The van der Waals surface area contributed by atoms with E-state index in [1.54, 1.807) is 36.4 Å². The molecule has 0 atom stereocenters. The summed E-state index contributed by atoms with van der Waals surface area (Å²) in [7, 11) is 0. The van der Waals surface area contributed by atoms with E-state index in [2.05, 4.69) is 21.6 Å². The van der Waals surface area contributed by atoms with Crippen molar-refractivity contribution in [1.29, 1.82) is 5.26 Å². The van der Waals surface area contributed by atoms with Crippen LogP contribution in [0.5, 0.6) is 0 Å². The lowest BCUT2D eigenvalue weighted by atomic mass is 10.2. The predicted molar refractivity (Wildman–Crippen MR) is 103 cm³/mol. The van der Waals surface area contributed by atoms with E-state index in [1.165, 1.54) is 0 Å². The number of hydrogen-bond acceptors (Lipinski definition) is 5. The van der Waals surface area contributed by atoms with Crippen molar-refractivity contribution in [2.75, 3.05) is 5.32 Å². The number of aromatic nitrogens is 2. The Bertz CT molecular complexity index is 985. The van der Waals surface area contributed by atoms with Crippen LogP contribution >= 0.6 is 11.3 Å². The summed E-state index contributed by atoms with van der Waals surface area (Å²) in [5.74, 6) is -0.264. The SMILES string of the molecule is N#C/C(=C/C=C/c1ccccc1)c1nnc(NC(=O)c2ccccc2)s1. The minimum absolute atomic E-state index is 0.264. The molecule has 1 amide bonds. The second kappa shape index (κ2) is 8.51. The summed E-state index contributed by atoms with van der Waals surface area (Å²) >= 11 is 1.16. The highest BCUT2D eigenvalue weighted by Gasteiger charge is 2.12. The summed E-state index contributed by atoms with van der Waals surface area (Å²) in [4.78, 5) is 12.1. The van der Waals surface area contributed by atoms with Gasteiger partial charge in [0.05, 0.1) is 5.57 Å². The number of hydrogen-bond donors (Lipinski definition) is 1. The highest BCUT2D eigenvalue weighted by molar-refractivity contribution is 7.16. The first-order valence-corrected chi connectivity index (χ1v) is 8.62. The van der Waals surface area contributed by atoms with E-state index in [9.17, 15) is 10.1 Å². The van der Waals surface area contributed by atoms with Crippen LogP contribution in [0.1, 0.15) is 20.9 Å². The molecule has 0 aliphatic rings. The van der Waals surface area contributed by atoms with Crippen LogP contribution in [0.25, 0.3) is 11.6 Å². The summed E-state index contributed by atoms with van der Waals surface area (Å²) in [5.41, 5.74) is 1.95. The Morgan fingerprint density at radius 1 is 1.04 bits per heavy atom. The average molecular weight is 358 g/mol. The van der Waals surface area contributed by atoms with Crippen molar-refractivity contribution in [3.8, 4) is 6.07 Å². The Hall–Kier alpha value is -3.56. The normalized spacial score (nSPS) is 11.3. The molecule has 0 aliphatic heterocycles. The van der Waals surface area contributed by atoms with Crippen LogP contribution in [0.4, 0.5) is 5.13 Å². The smallest absolute Gasteiger partial charge is 0.257 e. The molecule has 0 saturated heterocycles. The molecule has 0 bridgehead atoms. The van der Waals surface area contributed by atoms with Gasteiger partial charge in [-0.05, 0) is 23.8 Å². The number of nitrogens with zero attached hydrogens (tertiary/aromatic N) is 3. The Kier molecular flexibility index (Phi) is 5.65. The summed E-state index contributed by atoms with van der Waals surface area (Å²) in [6.45, 7) is 0. The van der Waals surface area contributed by atoms with Crippen molar-refractivity contribution in [2.45, 2.75) is 0 Å². The van der Waals surface area contributed by atoms with Gasteiger partial charge in [-0.3, -0.25) is 10.1 Å². The minimum atomic E-state index is -0.264. The highest BCUT2D eigenvalue weighted by atomic mass is 32.1. The van der Waals surface area contributed by atoms with Gasteiger partial charge in [-0.15, -0.1) is 10.2 Å². The van der Waals surface area contributed by atoms with Crippen LogP contribution in [0.3, 0.4) is 0 Å². The summed E-state index contributed by atoms with van der Waals surface area (Å²) < 4.78 is 0. The van der Waals surface area contributed by atoms with E-state index < -0.39 is 0 Å². The van der Waals surface area contributed by atoms with Crippen molar-refractivity contribution in [1.82, 2.24) is 10.2 Å². The second-order valence-electron chi connectivity index (χ2n) is 5.19. The topological polar surface area (TPSA) is 78.7 Å². The third kappa shape index (κ3) is 4.50. The number of carbonyl (C=O) groups excluding carboxylic acids is 1. The van der Waals surface area contributed by atoms with Gasteiger partial charge in [0, 0.05) is 5.56 Å². The van der Waals surface area contributed by atoms with E-state index in [0.717, 1.165) is 16.9 Å². The maximum absolute atomic E-state index is 12.1. The lowest BCUT2D eigenvalue weighted by Crippen LogP contribution is -2.11. The van der Waals surface area contributed by atoms with Gasteiger partial charge in [0.15, 0.2) is 5.01 Å². The standard InChI is InChI=1S/C20H14N4OS/c21-14-17(13-7-10-15-8-3-1-4-9-15)19-23-24-20(26-19)22-18(25)16-11-5-2-6-12-16/h1-13H,(H,22,24,25)/b10-7+,17-13-. The number of allylic oxidation sites excluding steroid dienone is 3. The molecule has 1 heterocycles. The summed E-state index contributed by atoms with van der Waals surface area (Å²) in [6, 6.07) is 20.7. The first kappa shape index (κ1) is 17.3. The number of nitrogens with one attached hydrogen (secondary N) is 1. The molecule has 6 heteroatoms. The molecule has 0 aliphatic carbocycles. The van der Waals surface area contributed by atoms with Crippen LogP contribution in [-0.2, 0) is 0 Å². The van der Waals surface area contributed by atoms with Gasteiger partial charge < -0.3 is 0 Å². The fourth-order valence-electron chi connectivity index (χ4n) is 2.12. The Morgan fingerprint density at radius 2 is 1.73 bits per heavy atom. The van der Waals surface area contributed by atoms with Crippen LogP contribution < -0.4 is 5.32 Å². The quantitative estimate of drug-likeness (QED) is 0.541. The molecule has 1 aromatic heterocycles. The molecule has 3 aromatic rings. The van der Waals surface area contributed by atoms with Crippen LogP contribution in [0.2, 0.25) is 0 Å². The van der Waals surface area contributed by atoms with Crippen molar-refractivity contribution < 1.29 is 4.79 Å². The molecule has 5 nitrogen and oxygen atoms in total. The molecule has 0 saturated carbocycles. The molecule has 0 unspecified atom stereocenters. The van der Waals surface area contributed by atoms with Crippen LogP contribution in [0.15, 0.2) is 72.8 Å². The number of benzene rings is 2. The fourth-order valence-corrected chi connectivity index (χ4v) is 2.83. The minimum Gasteiger partial charge on any atom is -0.296 e. The zero-order valence-electron chi connectivity index (χ0n) is 13.7. The van der Waals surface area contributed by atoms with E-state index in [1.807, 2.05) is 42.5 Å². The zero-order valence-corrected chi connectivity index (χ0v) is 14.5. The summed E-state index contributed by atoms with van der Waals surface area (Å²) in [5, 5.41) is 20.8. The van der Waals surface area contributed by atoms with E-state index in [4.69, 9.17) is 0 Å². The molecule has 126 valence electrons. The molecule has 0 fully saturated rings. The largest absolute Gasteiger partial charge is 0.296 e. The van der Waals surface area contributed by atoms with E-state index in [0.29, 0.717) is 21.3 Å². The number of rotatable bonds is 5. The Labute approximate surface area is 155 Å². The highest BCUT2D eigenvalue weighted by Crippen LogP contribution is 2.23. The van der Waals surface area contributed by atoms with Crippen LogP contribution in [-0.4, -0.2) is 16.1 Å². The van der Waals surface area contributed by atoms with E-state index in [-0.39, 0.29) is 5.91 Å². The molecule has 1 N–H and O–H groups in total. The number of nitriles is 1. The monoisotopic (exact) mass is 358 g/mol. The van der Waals surface area contributed by atoms with Gasteiger partial charge in [-0.2, -0.15) is 5.26 Å². The van der Waals surface area contributed by atoms with Crippen molar-refractivity contribution >= 4 is 34.0 Å². The maximum Gasteiger partial charge on any atom is 0.257 e. The second-order valence-corrected chi connectivity index (χ2v) is 6.17. The number of amides is 1. The zero-order chi connectivity index (χ0) is 18.2. The van der Waals surface area contributed by atoms with E-state index >= 15 is 0 Å². The average Bonchev–Trinajstić information content (AvgIpc) is 3.15. The van der Waals surface area contributed by atoms with Gasteiger partial charge in [0.2, 0.25) is 5.13 Å². The van der Waals surface area contributed by atoms with Gasteiger partial charge in [0.25, 0.3) is 5.91 Å². The van der Waals surface area contributed by atoms with Crippen molar-refractivity contribution in [3.05, 3.63) is 89.0 Å². The lowest BCUT2D eigenvalue weighted by Gasteiger charge is -1.99. The third-order valence-electron chi connectivity index (χ3n) is 3.38. The van der Waals surface area contributed by atoms with Crippen LogP contribution in [0, 0.1) is 11.3 Å². The first-order valence-electron chi connectivity index (χ1n) is 7.80. The third-order valence-corrected chi connectivity index (χ3v) is 4.26. The van der Waals surface area contributed by atoms with Gasteiger partial charge in [-0.1, -0.05) is 72.0 Å². The van der Waals surface area contributed by atoms with Gasteiger partial charge >= 0.3 is 0 Å². The van der Waals surface area contributed by atoms with Gasteiger partial charge in [-0.25, -0.2) is 0 Å². The number of carbonyl (C=O) groups is 1. The Morgan fingerprint density at radius 3 is 2.42 bits per heavy atom. The molecule has 26 heavy (non-hydrogen) atoms. The summed E-state index contributed by atoms with van der Waals surface area (Å²) in [6.07, 6.45) is 5.37. The maximum atomic E-state index is 12.1. The fraction of sp³-hybridized carbons (Fsp3) is 0. The molecular weight excluding hydrogens is 344 g/mol. The first-order chi connectivity index (χ1) is 12.8. The van der Waals surface area contributed by atoms with Crippen molar-refractivity contribution in [3.63, 3.8) is 0 Å². The van der Waals surface area contributed by atoms with Crippen molar-refractivity contribution in [2.24, 2.45) is 0 Å². The Balaban J connectivity index is 1.71. The molecule has 0 spiro atoms. The molecular formula is C20H14N4OS. The number of anilines is 1. The lowest BCUT2D eigenvalue weighted by molar-refractivity contribution is 0.102. The molecule has 3 rings (SSSR count). The molecule has 2 aromatic carbocycles.